The molecule has 4 fully saturated rings. The number of fused-ring (bicyclic) bond motifs is 1. The number of aliphatic hydroxyl groups is 13. The summed E-state index contributed by atoms with van der Waals surface area (Å²) in [5.74, 6) is -5.54. The Labute approximate surface area is 428 Å². The molecule has 5 heterocycles. The molecule has 0 aliphatic carbocycles. The van der Waals surface area contributed by atoms with Crippen LogP contribution in [-0.4, -0.2) is 235 Å². The molecule has 28 heteroatoms. The van der Waals surface area contributed by atoms with E-state index in [-0.39, 0.29) is 28.0 Å². The highest BCUT2D eigenvalue weighted by Crippen LogP contribution is 2.46. The molecular formula is C48H57O28+. The van der Waals surface area contributed by atoms with Crippen LogP contribution in [-0.2, 0) is 33.2 Å². The summed E-state index contributed by atoms with van der Waals surface area (Å²) in [6.45, 7) is -0.841. The molecule has 17 N–H and O–H groups in total. The summed E-state index contributed by atoms with van der Waals surface area (Å²) < 4.78 is 56.8. The van der Waals surface area contributed by atoms with Crippen LogP contribution in [0, 0.1) is 0 Å². The van der Waals surface area contributed by atoms with E-state index >= 15 is 0 Å². The van der Waals surface area contributed by atoms with Crippen LogP contribution in [0.25, 0.3) is 28.4 Å². The highest BCUT2D eigenvalue weighted by atomic mass is 16.7. The molecule has 4 aliphatic rings. The summed E-state index contributed by atoms with van der Waals surface area (Å²) in [6, 6.07) is 10.9. The molecule has 0 spiro atoms. The Bertz CT molecular complexity index is 2670. The predicted molar refractivity (Wildman–Crippen MR) is 246 cm³/mol. The van der Waals surface area contributed by atoms with Crippen molar-refractivity contribution >= 4 is 23.0 Å². The van der Waals surface area contributed by atoms with Gasteiger partial charge in [-0.15, -0.1) is 0 Å². The first-order valence-electron chi connectivity index (χ1n) is 23.4. The maximum absolute atomic E-state index is 12.5. The summed E-state index contributed by atoms with van der Waals surface area (Å²) in [5, 5.41) is 180. The first-order chi connectivity index (χ1) is 36.0. The van der Waals surface area contributed by atoms with E-state index in [0.717, 1.165) is 36.4 Å². The van der Waals surface area contributed by atoms with Crippen molar-refractivity contribution < 1.29 is 139 Å². The molecule has 0 bridgehead atoms. The molecule has 0 radical (unpaired) electrons. The number of carbonyl (C=O) groups excluding carboxylic acids is 1. The lowest BCUT2D eigenvalue weighted by Crippen LogP contribution is -2.61. The molecule has 3 aromatic carbocycles. The second kappa shape index (κ2) is 23.4. The number of phenolic OH excluding ortho intramolecular Hbond substituents is 4. The van der Waals surface area contributed by atoms with Gasteiger partial charge < -0.3 is 129 Å². The first kappa shape index (κ1) is 56.4. The smallest absolute Gasteiger partial charge is 0.402 e. The fourth-order valence-corrected chi connectivity index (χ4v) is 8.50. The van der Waals surface area contributed by atoms with Crippen molar-refractivity contribution in [3.63, 3.8) is 0 Å². The van der Waals surface area contributed by atoms with Gasteiger partial charge in [0.05, 0.1) is 30.9 Å². The molecular weight excluding hydrogens is 1020 g/mol. The van der Waals surface area contributed by atoms with Crippen molar-refractivity contribution in [3.8, 4) is 51.6 Å². The summed E-state index contributed by atoms with van der Waals surface area (Å²) in [4.78, 5) is 12.5. The summed E-state index contributed by atoms with van der Waals surface area (Å²) >= 11 is 0. The van der Waals surface area contributed by atoms with Crippen molar-refractivity contribution in [3.05, 3.63) is 66.2 Å². The number of hydrogen-bond donors (Lipinski definition) is 17. The molecule has 416 valence electrons. The molecule has 1 aromatic heterocycles. The summed E-state index contributed by atoms with van der Waals surface area (Å²) in [7, 11) is 0. The monoisotopic (exact) mass is 1080 g/mol. The van der Waals surface area contributed by atoms with Gasteiger partial charge in [0, 0.05) is 30.3 Å². The van der Waals surface area contributed by atoms with E-state index in [1.807, 2.05) is 0 Å². The summed E-state index contributed by atoms with van der Waals surface area (Å²) in [5.41, 5.74) is -0.0936. The number of ether oxygens (including phenoxy) is 9. The Morgan fingerprint density at radius 1 is 0.566 bits per heavy atom. The van der Waals surface area contributed by atoms with Crippen LogP contribution in [0.2, 0.25) is 0 Å². The molecule has 8 rings (SSSR count). The number of aliphatic hydroxyl groups excluding tert-OH is 13. The normalized spacial score (nSPS) is 36.0. The van der Waals surface area contributed by atoms with Gasteiger partial charge in [-0.25, -0.2) is 9.21 Å². The zero-order valence-electron chi connectivity index (χ0n) is 39.6. The van der Waals surface area contributed by atoms with Crippen LogP contribution in [0.5, 0.6) is 40.2 Å². The first-order valence-corrected chi connectivity index (χ1v) is 23.4. The highest BCUT2D eigenvalue weighted by molar-refractivity contribution is 5.89. The maximum atomic E-state index is 12.5. The van der Waals surface area contributed by atoms with Crippen molar-refractivity contribution in [2.45, 2.75) is 130 Å². The maximum Gasteiger partial charge on any atom is 0.402 e. The second-order valence-electron chi connectivity index (χ2n) is 18.3. The van der Waals surface area contributed by atoms with Crippen molar-refractivity contribution in [1.29, 1.82) is 0 Å². The minimum atomic E-state index is -2.09. The van der Waals surface area contributed by atoms with Crippen LogP contribution >= 0.6 is 0 Å². The number of phenols is 4. The number of rotatable bonds is 15. The van der Waals surface area contributed by atoms with Crippen LogP contribution in [0.1, 0.15) is 12.5 Å². The number of hydrogen-bond acceptors (Lipinski definition) is 27. The second-order valence-corrected chi connectivity index (χ2v) is 18.3. The fraction of sp³-hybridized carbons (Fsp3) is 0.500. The van der Waals surface area contributed by atoms with Gasteiger partial charge in [-0.2, -0.15) is 0 Å². The van der Waals surface area contributed by atoms with Crippen LogP contribution in [0.3, 0.4) is 0 Å². The quantitative estimate of drug-likeness (QED) is 0.0233. The van der Waals surface area contributed by atoms with E-state index in [9.17, 15) is 91.6 Å². The molecule has 20 atom stereocenters. The summed E-state index contributed by atoms with van der Waals surface area (Å²) in [6.07, 6.45) is -33.0. The highest BCUT2D eigenvalue weighted by Gasteiger charge is 2.50. The van der Waals surface area contributed by atoms with Crippen LogP contribution in [0.15, 0.2) is 65.1 Å². The molecule has 4 aromatic rings. The molecule has 76 heavy (non-hydrogen) atoms. The largest absolute Gasteiger partial charge is 0.508 e. The van der Waals surface area contributed by atoms with E-state index in [2.05, 4.69) is 0 Å². The molecule has 4 saturated heterocycles. The third kappa shape index (κ3) is 11.8. The zero-order chi connectivity index (χ0) is 55.0. The molecule has 20 unspecified atom stereocenters. The van der Waals surface area contributed by atoms with Crippen molar-refractivity contribution in [1.82, 2.24) is 0 Å². The third-order valence-electron chi connectivity index (χ3n) is 13.0. The Kier molecular flexibility index (Phi) is 17.4. The topological polar surface area (TPSA) is 455 Å². The molecule has 0 amide bonds. The van der Waals surface area contributed by atoms with Gasteiger partial charge in [0.2, 0.25) is 30.4 Å². The average molecular weight is 1080 g/mol. The molecule has 0 saturated carbocycles. The van der Waals surface area contributed by atoms with Gasteiger partial charge in [-0.1, -0.05) is 12.1 Å². The van der Waals surface area contributed by atoms with Gasteiger partial charge in [-0.05, 0) is 30.7 Å². The SMILES string of the molecule is CC1OC(OCC2OC(Oc3cc4c(O)cc(OC5OC(COC(=O)C=Cc6ccc(O)cc6)C(O)C(O)C5O)cc4[o+]c3-c3cc(O)c(O)c(OC4OC(CO)C(O)C(O)C4O)c3)C(O)C(O)C2O)C(O)C(O)C1O. The van der Waals surface area contributed by atoms with E-state index in [1.54, 1.807) is 0 Å². The van der Waals surface area contributed by atoms with E-state index in [0.29, 0.717) is 5.56 Å². The lowest BCUT2D eigenvalue weighted by Gasteiger charge is -2.42. The molecule has 28 nitrogen and oxygen atoms in total. The van der Waals surface area contributed by atoms with Gasteiger partial charge >= 0.3 is 17.3 Å². The number of carbonyl (C=O) groups is 1. The fourth-order valence-electron chi connectivity index (χ4n) is 8.50. The Hall–Kier alpha value is -5.84. The minimum Gasteiger partial charge on any atom is -0.508 e. The van der Waals surface area contributed by atoms with Crippen LogP contribution < -0.4 is 14.2 Å². The standard InChI is InChI=1S/C48H56O28/c1-16-31(54)36(59)40(63)45(69-16)68-15-29-35(58)39(62)43(66)48(76-29)73-26-12-21-22(51)10-20(70-46-41(64)38(61)34(57)28(75-46)14-67-30(53)7-4-17-2-5-19(50)6-3-17)11-24(21)71-44(26)18-8-23(52)32(55)25(9-18)72-47-42(65)37(60)33(56)27(13-49)74-47/h2-12,16,27-29,31,33-43,45-49,54,56-66H,13-15H2,1H3,(H3-,50,51,52,53,55)/p+1. The van der Waals surface area contributed by atoms with Gasteiger partial charge in [0.1, 0.15) is 121 Å². The van der Waals surface area contributed by atoms with E-state index in [1.165, 1.54) is 37.3 Å². The van der Waals surface area contributed by atoms with Crippen molar-refractivity contribution in [2.75, 3.05) is 19.8 Å². The van der Waals surface area contributed by atoms with Crippen molar-refractivity contribution in [2.24, 2.45) is 0 Å². The predicted octanol–water partition coefficient (Wildman–Crippen LogP) is -4.14. The van der Waals surface area contributed by atoms with E-state index < -0.39 is 183 Å². The minimum absolute atomic E-state index is 0.000991. The Morgan fingerprint density at radius 3 is 1.72 bits per heavy atom. The van der Waals surface area contributed by atoms with Gasteiger partial charge in [0.25, 0.3) is 0 Å². The number of aromatic hydroxyl groups is 4. The Balaban J connectivity index is 1.10. The number of benzene rings is 3. The van der Waals surface area contributed by atoms with Gasteiger partial charge in [0.15, 0.2) is 17.8 Å². The average Bonchev–Trinajstić information content (AvgIpc) is 3.40. The number of esters is 1. The van der Waals surface area contributed by atoms with E-state index in [4.69, 9.17) is 47.0 Å². The van der Waals surface area contributed by atoms with Gasteiger partial charge in [-0.3, -0.25) is 0 Å². The zero-order valence-corrected chi connectivity index (χ0v) is 39.6. The lowest BCUT2D eigenvalue weighted by molar-refractivity contribution is -0.318. The molecule has 4 aliphatic heterocycles. The third-order valence-corrected chi connectivity index (χ3v) is 13.0. The van der Waals surface area contributed by atoms with Crippen LogP contribution in [0.4, 0.5) is 0 Å². The lowest BCUT2D eigenvalue weighted by atomic mass is 9.98. The Morgan fingerprint density at radius 2 is 1.11 bits per heavy atom.